The summed E-state index contributed by atoms with van der Waals surface area (Å²) in [5, 5.41) is 3.39. The Morgan fingerprint density at radius 1 is 1.06 bits per heavy atom. The second-order valence-electron chi connectivity index (χ2n) is 10.0. The number of fused-ring (bicyclic) bond motifs is 1. The number of pyridine rings is 2. The molecule has 2 fully saturated rings. The van der Waals surface area contributed by atoms with Gasteiger partial charge in [0, 0.05) is 80.0 Å². The molecule has 2 saturated heterocycles. The molecule has 36 heavy (non-hydrogen) atoms. The molecule has 192 valence electrons. The molecule has 0 aromatic carbocycles. The van der Waals surface area contributed by atoms with Crippen molar-refractivity contribution in [3.63, 3.8) is 0 Å². The molecule has 0 saturated carbocycles. The number of piperazine rings is 1. The molecule has 5 heterocycles. The maximum Gasteiger partial charge on any atom is 0.338 e. The lowest BCUT2D eigenvalue weighted by Crippen LogP contribution is -2.43. The molecule has 0 spiro atoms. The van der Waals surface area contributed by atoms with Gasteiger partial charge in [0.2, 0.25) is 0 Å². The Kier molecular flexibility index (Phi) is 7.27. The summed E-state index contributed by atoms with van der Waals surface area (Å²) in [6, 6.07) is 8.48. The number of hydrogen-bond acceptors (Lipinski definition) is 7. The molecule has 0 radical (unpaired) electrons. The number of anilines is 1. The Morgan fingerprint density at radius 3 is 2.47 bits per heavy atom. The van der Waals surface area contributed by atoms with Crippen molar-refractivity contribution in [2.24, 2.45) is 0 Å². The first-order chi connectivity index (χ1) is 17.4. The number of rotatable bonds is 6. The SMILES string of the molecule is Cc1c(C(=O)OC(C)C)cc2cc(-c3ccc(N4CCNCC4)nc3)cn2c1C(C)N1CCOCC1. The second kappa shape index (κ2) is 10.6. The van der Waals surface area contributed by atoms with Gasteiger partial charge in [-0.2, -0.15) is 0 Å². The van der Waals surface area contributed by atoms with E-state index in [4.69, 9.17) is 14.5 Å². The number of morpholine rings is 1. The Labute approximate surface area is 213 Å². The highest BCUT2D eigenvalue weighted by Crippen LogP contribution is 2.32. The standard InChI is InChI=1S/C28H37N5O3/c1-19(2)36-28(34)25-16-24-15-23(22-5-6-26(30-17-22)32-9-7-29-8-10-32)18-33(24)27(20(25)3)21(4)31-11-13-35-14-12-31/h5-6,15-19,21,29H,7-14H2,1-4H3. The summed E-state index contributed by atoms with van der Waals surface area (Å²) in [6.45, 7) is 15.1. The van der Waals surface area contributed by atoms with Gasteiger partial charge in [-0.25, -0.2) is 9.78 Å². The molecule has 0 bridgehead atoms. The molecule has 0 amide bonds. The van der Waals surface area contributed by atoms with Crippen molar-refractivity contribution < 1.29 is 14.3 Å². The maximum absolute atomic E-state index is 13.1. The minimum absolute atomic E-state index is 0.122. The lowest BCUT2D eigenvalue weighted by atomic mass is 10.0. The normalized spacial score (nSPS) is 18.1. The third-order valence-electron chi connectivity index (χ3n) is 7.26. The first-order valence-electron chi connectivity index (χ1n) is 13.0. The van der Waals surface area contributed by atoms with E-state index in [0.29, 0.717) is 5.56 Å². The lowest BCUT2D eigenvalue weighted by Gasteiger charge is -2.34. The van der Waals surface area contributed by atoms with Crippen LogP contribution in [-0.2, 0) is 9.47 Å². The predicted octanol–water partition coefficient (Wildman–Crippen LogP) is 3.68. The molecule has 1 atom stereocenters. The second-order valence-corrected chi connectivity index (χ2v) is 10.0. The van der Waals surface area contributed by atoms with Gasteiger partial charge in [0.25, 0.3) is 0 Å². The van der Waals surface area contributed by atoms with Crippen molar-refractivity contribution >= 4 is 17.3 Å². The van der Waals surface area contributed by atoms with Gasteiger partial charge >= 0.3 is 5.97 Å². The van der Waals surface area contributed by atoms with Crippen LogP contribution in [0.3, 0.4) is 0 Å². The average molecular weight is 492 g/mol. The third-order valence-corrected chi connectivity index (χ3v) is 7.26. The first-order valence-corrected chi connectivity index (χ1v) is 13.0. The van der Waals surface area contributed by atoms with Crippen LogP contribution in [-0.4, -0.2) is 78.8 Å². The zero-order chi connectivity index (χ0) is 25.2. The summed E-state index contributed by atoms with van der Waals surface area (Å²) in [6.07, 6.45) is 3.96. The van der Waals surface area contributed by atoms with Crippen LogP contribution in [0.15, 0.2) is 36.7 Å². The molecular formula is C28H37N5O3. The average Bonchev–Trinajstić information content (AvgIpc) is 3.32. The minimum Gasteiger partial charge on any atom is -0.459 e. The van der Waals surface area contributed by atoms with Crippen molar-refractivity contribution in [2.75, 3.05) is 57.4 Å². The van der Waals surface area contributed by atoms with E-state index in [1.807, 2.05) is 33.0 Å². The highest BCUT2D eigenvalue weighted by molar-refractivity contribution is 5.93. The number of nitrogens with one attached hydrogen (secondary N) is 1. The van der Waals surface area contributed by atoms with E-state index >= 15 is 0 Å². The van der Waals surface area contributed by atoms with E-state index in [1.54, 1.807) is 0 Å². The quantitative estimate of drug-likeness (QED) is 0.528. The molecule has 0 aliphatic carbocycles. The fourth-order valence-corrected chi connectivity index (χ4v) is 5.31. The number of carbonyl (C=O) groups is 1. The number of ether oxygens (including phenoxy) is 2. The molecule has 8 heteroatoms. The summed E-state index contributed by atoms with van der Waals surface area (Å²) in [4.78, 5) is 22.6. The molecule has 5 rings (SSSR count). The minimum atomic E-state index is -0.273. The van der Waals surface area contributed by atoms with Crippen LogP contribution in [0.4, 0.5) is 5.82 Å². The van der Waals surface area contributed by atoms with Crippen LogP contribution in [0.1, 0.15) is 48.4 Å². The summed E-state index contributed by atoms with van der Waals surface area (Å²) >= 11 is 0. The van der Waals surface area contributed by atoms with E-state index in [0.717, 1.165) is 86.2 Å². The number of esters is 1. The van der Waals surface area contributed by atoms with Crippen LogP contribution in [0.25, 0.3) is 16.6 Å². The van der Waals surface area contributed by atoms with Gasteiger partial charge in [0.1, 0.15) is 5.82 Å². The van der Waals surface area contributed by atoms with Crippen LogP contribution in [0.2, 0.25) is 0 Å². The largest absolute Gasteiger partial charge is 0.459 e. The Bertz CT molecular complexity index is 1210. The van der Waals surface area contributed by atoms with Crippen LogP contribution in [0.5, 0.6) is 0 Å². The monoisotopic (exact) mass is 491 g/mol. The zero-order valence-corrected chi connectivity index (χ0v) is 21.8. The summed E-state index contributed by atoms with van der Waals surface area (Å²) in [7, 11) is 0. The van der Waals surface area contributed by atoms with Crippen LogP contribution in [0, 0.1) is 6.92 Å². The Hall–Kier alpha value is -2.94. The van der Waals surface area contributed by atoms with Crippen molar-refractivity contribution in [3.8, 4) is 11.1 Å². The molecule has 2 aliphatic heterocycles. The maximum atomic E-state index is 13.1. The van der Waals surface area contributed by atoms with Gasteiger partial charge in [0.15, 0.2) is 0 Å². The van der Waals surface area contributed by atoms with E-state index in [2.05, 4.69) is 50.8 Å². The fourth-order valence-electron chi connectivity index (χ4n) is 5.31. The van der Waals surface area contributed by atoms with Crippen molar-refractivity contribution in [1.29, 1.82) is 0 Å². The summed E-state index contributed by atoms with van der Waals surface area (Å²) < 4.78 is 13.4. The van der Waals surface area contributed by atoms with Gasteiger partial charge in [-0.3, -0.25) is 4.90 Å². The molecule has 1 N–H and O–H groups in total. The smallest absolute Gasteiger partial charge is 0.338 e. The van der Waals surface area contributed by atoms with E-state index in [9.17, 15) is 4.79 Å². The number of aromatic nitrogens is 2. The van der Waals surface area contributed by atoms with Crippen LogP contribution < -0.4 is 10.2 Å². The molecule has 3 aromatic rings. The molecular weight excluding hydrogens is 454 g/mol. The van der Waals surface area contributed by atoms with Crippen molar-refractivity contribution in [3.05, 3.63) is 53.5 Å². The van der Waals surface area contributed by atoms with Gasteiger partial charge < -0.3 is 24.1 Å². The topological polar surface area (TPSA) is 71.3 Å². The Morgan fingerprint density at radius 2 is 1.81 bits per heavy atom. The molecule has 3 aromatic heterocycles. The number of carbonyl (C=O) groups excluding carboxylic acids is 1. The van der Waals surface area contributed by atoms with Crippen LogP contribution >= 0.6 is 0 Å². The fraction of sp³-hybridized carbons (Fsp3) is 0.500. The zero-order valence-electron chi connectivity index (χ0n) is 21.8. The summed E-state index contributed by atoms with van der Waals surface area (Å²) in [5.74, 6) is 0.741. The number of nitrogens with zero attached hydrogens (tertiary/aromatic N) is 4. The van der Waals surface area contributed by atoms with Crippen molar-refractivity contribution in [1.82, 2.24) is 19.6 Å². The van der Waals surface area contributed by atoms with E-state index in [-0.39, 0.29) is 18.1 Å². The third kappa shape index (κ3) is 4.98. The first kappa shape index (κ1) is 24.7. The highest BCUT2D eigenvalue weighted by Gasteiger charge is 2.26. The highest BCUT2D eigenvalue weighted by atomic mass is 16.5. The van der Waals surface area contributed by atoms with Crippen molar-refractivity contribution in [2.45, 2.75) is 39.8 Å². The van der Waals surface area contributed by atoms with Gasteiger partial charge in [-0.15, -0.1) is 0 Å². The molecule has 8 nitrogen and oxygen atoms in total. The number of hydrogen-bond donors (Lipinski definition) is 1. The van der Waals surface area contributed by atoms with E-state index in [1.165, 1.54) is 0 Å². The molecule has 2 aliphatic rings. The van der Waals surface area contributed by atoms with Gasteiger partial charge in [-0.1, -0.05) is 0 Å². The van der Waals surface area contributed by atoms with Gasteiger partial charge in [-0.05, 0) is 57.5 Å². The predicted molar refractivity (Wildman–Crippen MR) is 142 cm³/mol. The molecule has 1 unspecified atom stereocenters. The lowest BCUT2D eigenvalue weighted by molar-refractivity contribution is 0.0186. The van der Waals surface area contributed by atoms with Gasteiger partial charge in [0.05, 0.1) is 24.9 Å². The summed E-state index contributed by atoms with van der Waals surface area (Å²) in [5.41, 5.74) is 5.82. The Balaban J connectivity index is 1.55. The van der Waals surface area contributed by atoms with E-state index < -0.39 is 0 Å².